The topological polar surface area (TPSA) is 69.1 Å². The van der Waals surface area contributed by atoms with Crippen LogP contribution in [0.5, 0.6) is 11.5 Å². The summed E-state index contributed by atoms with van der Waals surface area (Å²) in [5.41, 5.74) is 0. The maximum atomic E-state index is 12.4. The van der Waals surface area contributed by atoms with E-state index in [1.54, 1.807) is 18.2 Å². The fourth-order valence-corrected chi connectivity index (χ4v) is 3.93. The molecule has 0 aromatic heterocycles. The third-order valence-electron chi connectivity index (χ3n) is 4.11. The summed E-state index contributed by atoms with van der Waals surface area (Å²) in [5.74, 6) is 1.11. The molecule has 0 atom stereocenters. The van der Waals surface area contributed by atoms with Gasteiger partial charge in [-0.1, -0.05) is 0 Å². The fourth-order valence-electron chi connectivity index (χ4n) is 2.88. The summed E-state index contributed by atoms with van der Waals surface area (Å²) in [6.07, 6.45) is 3.28. The van der Waals surface area contributed by atoms with E-state index in [1.807, 2.05) is 0 Å². The zero-order valence-corrected chi connectivity index (χ0v) is 13.5. The van der Waals surface area contributed by atoms with Gasteiger partial charge in [0.15, 0.2) is 11.5 Å². The fraction of sp³-hybridized carbons (Fsp3) is 0.600. The van der Waals surface area contributed by atoms with Crippen molar-refractivity contribution in [1.82, 2.24) is 4.72 Å². The molecule has 2 aliphatic heterocycles. The first kappa shape index (κ1) is 15.6. The van der Waals surface area contributed by atoms with Crippen molar-refractivity contribution in [3.05, 3.63) is 18.2 Å². The van der Waals surface area contributed by atoms with Gasteiger partial charge in [0.25, 0.3) is 0 Å². The first-order valence-electron chi connectivity index (χ1n) is 7.88. The van der Waals surface area contributed by atoms with Crippen LogP contribution in [0.3, 0.4) is 0 Å². The molecule has 0 unspecified atom stereocenters. The lowest BCUT2D eigenvalue weighted by atomic mass is 10.3. The van der Waals surface area contributed by atoms with Gasteiger partial charge in [-0.25, -0.2) is 13.1 Å². The van der Waals surface area contributed by atoms with E-state index in [9.17, 15) is 8.42 Å². The second-order valence-electron chi connectivity index (χ2n) is 5.76. The molecule has 1 fully saturated rings. The monoisotopic (exact) mass is 327 g/mol. The minimum absolute atomic E-state index is 0.230. The summed E-state index contributed by atoms with van der Waals surface area (Å²) in [6.45, 7) is 4.73. The van der Waals surface area contributed by atoms with Gasteiger partial charge in [-0.3, -0.25) is 0 Å². The van der Waals surface area contributed by atoms with E-state index in [0.29, 0.717) is 31.3 Å². The van der Waals surface area contributed by atoms with Gasteiger partial charge >= 0.3 is 0 Å². The normalized spacial score (nSPS) is 19.1. The molecule has 0 spiro atoms. The van der Waals surface area contributed by atoms with Crippen LogP contribution in [0.1, 0.15) is 19.3 Å². The molecule has 1 saturated heterocycles. The minimum Gasteiger partial charge on any atom is -0.490 e. The lowest BCUT2D eigenvalue weighted by Gasteiger charge is -2.13. The summed E-state index contributed by atoms with van der Waals surface area (Å²) >= 11 is 0. The Morgan fingerprint density at radius 1 is 1.05 bits per heavy atom. The molecular weight excluding hydrogens is 304 g/mol. The van der Waals surface area contributed by atoms with Crippen molar-refractivity contribution in [2.24, 2.45) is 0 Å². The highest BCUT2D eigenvalue weighted by atomic mass is 32.2. The Bertz CT molecular complexity index is 612. The molecule has 2 N–H and O–H groups in total. The Hall–Kier alpha value is -1.31. The molecule has 2 heterocycles. The number of hydrogen-bond donors (Lipinski definition) is 2. The highest BCUT2D eigenvalue weighted by Gasteiger charge is 2.20. The number of fused-ring (bicyclic) bond motifs is 1. The SMILES string of the molecule is O=S(=O)(NCC[NH+]1CCCC1)c1ccc2c(c1)OCCCO2. The molecule has 122 valence electrons. The molecular formula is C15H23N2O4S+. The van der Waals surface area contributed by atoms with E-state index in [4.69, 9.17) is 9.47 Å². The van der Waals surface area contributed by atoms with Crippen molar-refractivity contribution in [1.29, 1.82) is 0 Å². The van der Waals surface area contributed by atoms with Crippen molar-refractivity contribution >= 4 is 10.0 Å². The highest BCUT2D eigenvalue weighted by molar-refractivity contribution is 7.89. The lowest BCUT2D eigenvalue weighted by molar-refractivity contribution is -0.886. The number of likely N-dealkylation sites (tertiary alicyclic amines) is 1. The quantitative estimate of drug-likeness (QED) is 0.786. The van der Waals surface area contributed by atoms with Crippen LogP contribution in [0, 0.1) is 0 Å². The maximum absolute atomic E-state index is 12.4. The largest absolute Gasteiger partial charge is 0.490 e. The number of quaternary nitrogens is 1. The van der Waals surface area contributed by atoms with E-state index < -0.39 is 10.0 Å². The Balaban J connectivity index is 1.64. The average Bonchev–Trinajstić information content (AvgIpc) is 2.90. The number of ether oxygens (including phenoxy) is 2. The molecule has 3 rings (SSSR count). The van der Waals surface area contributed by atoms with Gasteiger partial charge in [-0.2, -0.15) is 0 Å². The molecule has 7 heteroatoms. The van der Waals surface area contributed by atoms with Gasteiger partial charge in [0.2, 0.25) is 10.0 Å². The Morgan fingerprint density at radius 2 is 1.77 bits per heavy atom. The maximum Gasteiger partial charge on any atom is 0.240 e. The predicted molar refractivity (Wildman–Crippen MR) is 82.0 cm³/mol. The first-order chi connectivity index (χ1) is 10.6. The second kappa shape index (κ2) is 6.85. The van der Waals surface area contributed by atoms with Gasteiger partial charge in [0, 0.05) is 25.3 Å². The van der Waals surface area contributed by atoms with E-state index in [2.05, 4.69) is 4.72 Å². The molecule has 22 heavy (non-hydrogen) atoms. The smallest absolute Gasteiger partial charge is 0.240 e. The van der Waals surface area contributed by atoms with Gasteiger partial charge in [-0.05, 0) is 12.1 Å². The standard InChI is InChI=1S/C15H22N2O4S/c18-22(19,16-6-9-17-7-1-2-8-17)13-4-5-14-15(12-13)21-11-3-10-20-14/h4-5,12,16H,1-3,6-11H2/p+1. The number of hydrogen-bond acceptors (Lipinski definition) is 4. The molecule has 0 radical (unpaired) electrons. The van der Waals surface area contributed by atoms with Gasteiger partial charge in [-0.15, -0.1) is 0 Å². The van der Waals surface area contributed by atoms with Crippen LogP contribution in [0.4, 0.5) is 0 Å². The van der Waals surface area contributed by atoms with E-state index in [1.165, 1.54) is 17.7 Å². The summed E-state index contributed by atoms with van der Waals surface area (Å²) < 4.78 is 38.5. The van der Waals surface area contributed by atoms with Crippen LogP contribution < -0.4 is 19.1 Å². The summed E-state index contributed by atoms with van der Waals surface area (Å²) in [6, 6.07) is 4.78. The van der Waals surface area contributed by atoms with Crippen molar-refractivity contribution < 1.29 is 22.8 Å². The van der Waals surface area contributed by atoms with Gasteiger partial charge in [0.05, 0.1) is 44.3 Å². The Labute approximate surface area is 131 Å². The second-order valence-corrected chi connectivity index (χ2v) is 7.53. The molecule has 1 aromatic carbocycles. The molecule has 0 saturated carbocycles. The van der Waals surface area contributed by atoms with E-state index in [-0.39, 0.29) is 4.90 Å². The number of benzene rings is 1. The van der Waals surface area contributed by atoms with Crippen LogP contribution in [0.2, 0.25) is 0 Å². The van der Waals surface area contributed by atoms with E-state index >= 15 is 0 Å². The molecule has 0 aliphatic carbocycles. The van der Waals surface area contributed by atoms with Gasteiger partial charge < -0.3 is 14.4 Å². The summed E-state index contributed by atoms with van der Waals surface area (Å²) in [5, 5.41) is 0. The van der Waals surface area contributed by atoms with Crippen LogP contribution in [-0.2, 0) is 10.0 Å². The van der Waals surface area contributed by atoms with Crippen molar-refractivity contribution in [2.45, 2.75) is 24.2 Å². The molecule has 2 aliphatic rings. The third kappa shape index (κ3) is 3.71. The molecule has 6 nitrogen and oxygen atoms in total. The number of nitrogens with one attached hydrogen (secondary N) is 2. The van der Waals surface area contributed by atoms with Crippen LogP contribution in [0.25, 0.3) is 0 Å². The number of rotatable bonds is 5. The summed E-state index contributed by atoms with van der Waals surface area (Å²) in [7, 11) is -3.50. The van der Waals surface area contributed by atoms with Gasteiger partial charge in [0.1, 0.15) is 0 Å². The molecule has 1 aromatic rings. The first-order valence-corrected chi connectivity index (χ1v) is 9.36. The third-order valence-corrected chi connectivity index (χ3v) is 5.57. The Morgan fingerprint density at radius 3 is 2.55 bits per heavy atom. The summed E-state index contributed by atoms with van der Waals surface area (Å²) in [4.78, 5) is 1.70. The average molecular weight is 327 g/mol. The zero-order valence-electron chi connectivity index (χ0n) is 12.6. The Kier molecular flexibility index (Phi) is 4.85. The van der Waals surface area contributed by atoms with Crippen LogP contribution >= 0.6 is 0 Å². The van der Waals surface area contributed by atoms with Crippen molar-refractivity contribution in [3.8, 4) is 11.5 Å². The number of sulfonamides is 1. The highest BCUT2D eigenvalue weighted by Crippen LogP contribution is 2.31. The van der Waals surface area contributed by atoms with Crippen molar-refractivity contribution in [2.75, 3.05) is 39.4 Å². The van der Waals surface area contributed by atoms with E-state index in [0.717, 1.165) is 26.1 Å². The molecule has 0 bridgehead atoms. The minimum atomic E-state index is -3.50. The van der Waals surface area contributed by atoms with Crippen molar-refractivity contribution in [3.63, 3.8) is 0 Å². The molecule has 0 amide bonds. The van der Waals surface area contributed by atoms with Crippen LogP contribution in [0.15, 0.2) is 23.1 Å². The zero-order chi connectivity index (χ0) is 15.4. The lowest BCUT2D eigenvalue weighted by Crippen LogP contribution is -3.10. The van der Waals surface area contributed by atoms with Crippen LogP contribution in [-0.4, -0.2) is 47.8 Å². The predicted octanol–water partition coefficient (Wildman–Crippen LogP) is -0.195.